The first-order valence-corrected chi connectivity index (χ1v) is 5.51. The van der Waals surface area contributed by atoms with Crippen molar-refractivity contribution in [3.63, 3.8) is 0 Å². The Bertz CT molecular complexity index is 542. The Morgan fingerprint density at radius 1 is 1.11 bits per heavy atom. The number of aliphatic hydroxyl groups is 1. The average molecular weight is 240 g/mol. The van der Waals surface area contributed by atoms with Gasteiger partial charge in [-0.15, -0.1) is 0 Å². The van der Waals surface area contributed by atoms with E-state index in [1.54, 1.807) is 30.5 Å². The SMILES string of the molecule is N#CCc1ccc(Oc2ccc(CO)cn2)cc1. The Morgan fingerprint density at radius 3 is 2.39 bits per heavy atom. The van der Waals surface area contributed by atoms with Crippen LogP contribution in [0.1, 0.15) is 11.1 Å². The molecule has 0 fully saturated rings. The highest BCUT2D eigenvalue weighted by Gasteiger charge is 1.99. The van der Waals surface area contributed by atoms with Crippen LogP contribution in [-0.2, 0) is 13.0 Å². The molecule has 1 N–H and O–H groups in total. The van der Waals surface area contributed by atoms with E-state index >= 15 is 0 Å². The van der Waals surface area contributed by atoms with Gasteiger partial charge in [0, 0.05) is 12.3 Å². The number of ether oxygens (including phenoxy) is 1. The lowest BCUT2D eigenvalue weighted by Crippen LogP contribution is -1.90. The maximum atomic E-state index is 8.89. The maximum Gasteiger partial charge on any atom is 0.219 e. The Morgan fingerprint density at radius 2 is 1.83 bits per heavy atom. The molecule has 18 heavy (non-hydrogen) atoms. The monoisotopic (exact) mass is 240 g/mol. The Hall–Kier alpha value is -2.38. The van der Waals surface area contributed by atoms with Crippen LogP contribution in [0.25, 0.3) is 0 Å². The third kappa shape index (κ3) is 3.06. The molecule has 0 aliphatic rings. The molecule has 1 heterocycles. The van der Waals surface area contributed by atoms with E-state index in [-0.39, 0.29) is 6.61 Å². The van der Waals surface area contributed by atoms with Crippen LogP contribution >= 0.6 is 0 Å². The fraction of sp³-hybridized carbons (Fsp3) is 0.143. The topological polar surface area (TPSA) is 66.1 Å². The van der Waals surface area contributed by atoms with Gasteiger partial charge in [-0.2, -0.15) is 5.26 Å². The van der Waals surface area contributed by atoms with E-state index in [1.807, 2.05) is 12.1 Å². The fourth-order valence-electron chi connectivity index (χ4n) is 1.45. The van der Waals surface area contributed by atoms with Crippen molar-refractivity contribution < 1.29 is 9.84 Å². The van der Waals surface area contributed by atoms with Crippen LogP contribution in [0.2, 0.25) is 0 Å². The number of hydrogen-bond donors (Lipinski definition) is 1. The summed E-state index contributed by atoms with van der Waals surface area (Å²) in [5.41, 5.74) is 1.69. The van der Waals surface area contributed by atoms with Crippen molar-refractivity contribution >= 4 is 0 Å². The van der Waals surface area contributed by atoms with Crippen molar-refractivity contribution in [1.29, 1.82) is 5.26 Å². The fourth-order valence-corrected chi connectivity index (χ4v) is 1.45. The van der Waals surface area contributed by atoms with Crippen LogP contribution in [0.4, 0.5) is 0 Å². The van der Waals surface area contributed by atoms with Gasteiger partial charge in [0.1, 0.15) is 5.75 Å². The van der Waals surface area contributed by atoms with E-state index in [2.05, 4.69) is 11.1 Å². The van der Waals surface area contributed by atoms with E-state index in [9.17, 15) is 0 Å². The molecule has 90 valence electrons. The molecule has 0 radical (unpaired) electrons. The molecular formula is C14H12N2O2. The van der Waals surface area contributed by atoms with Crippen molar-refractivity contribution in [3.05, 3.63) is 53.7 Å². The molecule has 0 amide bonds. The summed E-state index contributed by atoms with van der Waals surface area (Å²) < 4.78 is 5.54. The van der Waals surface area contributed by atoms with E-state index in [1.165, 1.54) is 0 Å². The second-order valence-electron chi connectivity index (χ2n) is 3.74. The smallest absolute Gasteiger partial charge is 0.219 e. The second-order valence-corrected chi connectivity index (χ2v) is 3.74. The van der Waals surface area contributed by atoms with Crippen molar-refractivity contribution in [2.45, 2.75) is 13.0 Å². The first-order chi connectivity index (χ1) is 8.81. The number of pyridine rings is 1. The van der Waals surface area contributed by atoms with Gasteiger partial charge in [0.2, 0.25) is 5.88 Å². The standard InChI is InChI=1S/C14H12N2O2/c15-8-7-11-1-4-13(5-2-11)18-14-6-3-12(10-17)9-16-14/h1-6,9,17H,7,10H2. The quantitative estimate of drug-likeness (QED) is 0.891. The number of aromatic nitrogens is 1. The van der Waals surface area contributed by atoms with Gasteiger partial charge < -0.3 is 9.84 Å². The second kappa shape index (κ2) is 5.80. The van der Waals surface area contributed by atoms with Crippen LogP contribution in [0, 0.1) is 11.3 Å². The number of nitrogens with zero attached hydrogens (tertiary/aromatic N) is 2. The number of hydrogen-bond acceptors (Lipinski definition) is 4. The molecule has 0 saturated carbocycles. The van der Waals surface area contributed by atoms with Gasteiger partial charge in [0.05, 0.1) is 19.1 Å². The summed E-state index contributed by atoms with van der Waals surface area (Å²) in [6, 6.07) is 12.8. The molecule has 0 aliphatic carbocycles. The molecule has 4 heteroatoms. The molecule has 0 unspecified atom stereocenters. The maximum absolute atomic E-state index is 8.89. The van der Waals surface area contributed by atoms with Gasteiger partial charge in [-0.05, 0) is 29.3 Å². The van der Waals surface area contributed by atoms with Crippen LogP contribution in [-0.4, -0.2) is 10.1 Å². The lowest BCUT2D eigenvalue weighted by molar-refractivity contribution is 0.281. The lowest BCUT2D eigenvalue weighted by Gasteiger charge is -2.05. The molecule has 0 spiro atoms. The van der Waals surface area contributed by atoms with Gasteiger partial charge in [-0.25, -0.2) is 4.98 Å². The molecular weight excluding hydrogens is 228 g/mol. The van der Waals surface area contributed by atoms with Gasteiger partial charge in [0.25, 0.3) is 0 Å². The minimum absolute atomic E-state index is 0.0316. The highest BCUT2D eigenvalue weighted by Crippen LogP contribution is 2.19. The van der Waals surface area contributed by atoms with Crippen molar-refractivity contribution in [3.8, 4) is 17.7 Å². The van der Waals surface area contributed by atoms with Gasteiger partial charge >= 0.3 is 0 Å². The summed E-state index contributed by atoms with van der Waals surface area (Å²) in [7, 11) is 0. The van der Waals surface area contributed by atoms with Crippen molar-refractivity contribution in [1.82, 2.24) is 4.98 Å². The first kappa shape index (κ1) is 12.1. The average Bonchev–Trinajstić information content (AvgIpc) is 2.42. The molecule has 1 aromatic heterocycles. The molecule has 0 saturated heterocycles. The highest BCUT2D eigenvalue weighted by molar-refractivity contribution is 5.31. The number of benzene rings is 1. The minimum Gasteiger partial charge on any atom is -0.439 e. The van der Waals surface area contributed by atoms with E-state index in [0.717, 1.165) is 11.1 Å². The predicted molar refractivity (Wildman–Crippen MR) is 66.0 cm³/mol. The molecule has 2 aromatic rings. The van der Waals surface area contributed by atoms with Crippen LogP contribution < -0.4 is 4.74 Å². The molecule has 1 aromatic carbocycles. The minimum atomic E-state index is -0.0316. The molecule has 0 aliphatic heterocycles. The first-order valence-electron chi connectivity index (χ1n) is 5.51. The zero-order valence-electron chi connectivity index (χ0n) is 9.71. The van der Waals surface area contributed by atoms with E-state index in [0.29, 0.717) is 18.1 Å². The summed E-state index contributed by atoms with van der Waals surface area (Å²) in [5, 5.41) is 17.5. The molecule has 0 atom stereocenters. The Kier molecular flexibility index (Phi) is 3.90. The molecule has 2 rings (SSSR count). The largest absolute Gasteiger partial charge is 0.439 e. The zero-order chi connectivity index (χ0) is 12.8. The van der Waals surface area contributed by atoms with Crippen LogP contribution in [0.5, 0.6) is 11.6 Å². The number of rotatable bonds is 4. The zero-order valence-corrected chi connectivity index (χ0v) is 9.71. The Labute approximate surface area is 105 Å². The summed E-state index contributed by atoms with van der Waals surface area (Å²) >= 11 is 0. The third-order valence-electron chi connectivity index (χ3n) is 2.41. The molecule has 0 bridgehead atoms. The van der Waals surface area contributed by atoms with Gasteiger partial charge in [-0.1, -0.05) is 12.1 Å². The van der Waals surface area contributed by atoms with Gasteiger partial charge in [-0.3, -0.25) is 0 Å². The predicted octanol–water partition coefficient (Wildman–Crippen LogP) is 2.43. The van der Waals surface area contributed by atoms with Crippen LogP contribution in [0.3, 0.4) is 0 Å². The third-order valence-corrected chi connectivity index (χ3v) is 2.41. The van der Waals surface area contributed by atoms with Gasteiger partial charge in [0.15, 0.2) is 0 Å². The van der Waals surface area contributed by atoms with E-state index in [4.69, 9.17) is 15.1 Å². The molecule has 4 nitrogen and oxygen atoms in total. The summed E-state index contributed by atoms with van der Waals surface area (Å²) in [5.74, 6) is 1.14. The summed E-state index contributed by atoms with van der Waals surface area (Å²) in [6.45, 7) is -0.0316. The summed E-state index contributed by atoms with van der Waals surface area (Å²) in [4.78, 5) is 4.07. The summed E-state index contributed by atoms with van der Waals surface area (Å²) in [6.07, 6.45) is 1.96. The highest BCUT2D eigenvalue weighted by atomic mass is 16.5. The van der Waals surface area contributed by atoms with E-state index < -0.39 is 0 Å². The van der Waals surface area contributed by atoms with Crippen LogP contribution in [0.15, 0.2) is 42.6 Å². The van der Waals surface area contributed by atoms with Crippen molar-refractivity contribution in [2.24, 2.45) is 0 Å². The normalized spacial score (nSPS) is 9.78. The lowest BCUT2D eigenvalue weighted by atomic mass is 10.2. The number of aliphatic hydroxyl groups excluding tert-OH is 1. The number of nitriles is 1. The Balaban J connectivity index is 2.06. The van der Waals surface area contributed by atoms with Crippen molar-refractivity contribution in [2.75, 3.05) is 0 Å².